The molecule has 0 fully saturated rings. The first-order valence-corrected chi connectivity index (χ1v) is 47.9. The summed E-state index contributed by atoms with van der Waals surface area (Å²) in [6.07, 6.45) is 0.789. The van der Waals surface area contributed by atoms with Gasteiger partial charge in [0.25, 0.3) is 14.9 Å². The Bertz CT molecular complexity index is 4890. The van der Waals surface area contributed by atoms with Crippen molar-refractivity contribution in [3.05, 3.63) is 203 Å². The smallest absolute Gasteiger partial charge is 0.403 e. The van der Waals surface area contributed by atoms with Gasteiger partial charge in [-0.05, 0) is 150 Å². The number of aromatic hydroxyl groups is 2. The predicted molar refractivity (Wildman–Crippen MR) is 430 cm³/mol. The van der Waals surface area contributed by atoms with Crippen molar-refractivity contribution in [2.24, 2.45) is 40.6 Å². The van der Waals surface area contributed by atoms with E-state index < -0.39 is 95.9 Å². The monoisotopic (exact) mass is 1660 g/mol. The van der Waals surface area contributed by atoms with Crippen molar-refractivity contribution in [1.82, 2.24) is 0 Å². The third-order valence-electron chi connectivity index (χ3n) is 18.8. The van der Waals surface area contributed by atoms with Crippen LogP contribution in [0.2, 0.25) is 0 Å². The fourth-order valence-corrected chi connectivity index (χ4v) is 41.7. The second-order valence-corrected chi connectivity index (χ2v) is 48.3. The zero-order chi connectivity index (χ0) is 78.5. The van der Waals surface area contributed by atoms with Crippen LogP contribution in [0.3, 0.4) is 0 Å². The fraction of sp³-hybridized carbons (Fsp3) is 0.400. The normalized spacial score (nSPS) is 24.4. The molecule has 0 saturated heterocycles. The molecule has 108 heavy (non-hydrogen) atoms. The van der Waals surface area contributed by atoms with E-state index in [9.17, 15) is 10.2 Å². The van der Waals surface area contributed by atoms with E-state index in [1.54, 1.807) is 31.4 Å². The molecule has 3 aliphatic heterocycles. The van der Waals surface area contributed by atoms with E-state index in [0.717, 1.165) is 33.4 Å². The second-order valence-electron chi connectivity index (χ2n) is 26.1. The number of hydrogen-bond donors (Lipinski definition) is 2. The van der Waals surface area contributed by atoms with Gasteiger partial charge in [-0.25, -0.2) is 0 Å². The van der Waals surface area contributed by atoms with Gasteiger partial charge < -0.3 is 92.1 Å². The van der Waals surface area contributed by atoms with Crippen molar-refractivity contribution in [3.8, 4) is 46.0 Å². The van der Waals surface area contributed by atoms with Gasteiger partial charge in [0.05, 0.1) is 0 Å². The van der Waals surface area contributed by atoms with Crippen LogP contribution in [0.5, 0.6) is 46.0 Å². The van der Waals surface area contributed by atoms with Gasteiger partial charge in [-0.1, -0.05) is 128 Å². The number of phenols is 2. The molecule has 8 unspecified atom stereocenters. The van der Waals surface area contributed by atoms with Crippen molar-refractivity contribution in [2.45, 2.75) is 103 Å². The third-order valence-corrected chi connectivity index (χ3v) is 45.9. The number of rotatable bonds is 34. The number of benzene rings is 7. The Kier molecular flexibility index (Phi) is 26.5. The molecule has 38 heteroatoms. The minimum Gasteiger partial charge on any atom is -0.508 e. The minimum atomic E-state index is -3.71. The van der Waals surface area contributed by atoms with E-state index in [1.165, 1.54) is 90.3 Å². The highest BCUT2D eigenvalue weighted by atomic mass is 31.3. The van der Waals surface area contributed by atoms with Crippen LogP contribution in [0, 0.1) is 0 Å². The number of hydrogen-bond acceptors (Lipinski definition) is 29. The molecule has 0 aliphatic carbocycles. The molecule has 0 saturated carbocycles. The summed E-state index contributed by atoms with van der Waals surface area (Å²) < 4.78 is 158. The summed E-state index contributed by atoms with van der Waals surface area (Å²) in [6, 6.07) is 51.8. The SMILES string of the molecule is CCC(Oc1ccc(C(C)(C)c2ccc(OP3(OC)=NP(OC)(Oc4ccc(O)cc4)=NP(OC)(OC)=N3)cc2)cc1)P1(OC)=NP(OC)(OC)=NP(OC)(Oc2ccc(C(C)(C)c3ccc(OC(C)(CC)P4(OC)=NP(OC)(OC)=NP(OC)(Oc5ccc(C(C)(C)c6ccc(O)cc6)cc5)=N4)cc3)cc2)=N1. The van der Waals surface area contributed by atoms with Gasteiger partial charge in [0.1, 0.15) is 46.0 Å². The highest BCUT2D eigenvalue weighted by Crippen LogP contribution is 2.84. The van der Waals surface area contributed by atoms with Gasteiger partial charge in [-0.3, -0.25) is 0 Å². The molecule has 588 valence electrons. The van der Waals surface area contributed by atoms with Crippen LogP contribution < -0.4 is 27.6 Å². The Morgan fingerprint density at radius 2 is 0.546 bits per heavy atom. The average molecular weight is 1660 g/mol. The lowest BCUT2D eigenvalue weighted by molar-refractivity contribution is 0.156. The van der Waals surface area contributed by atoms with Crippen molar-refractivity contribution in [3.63, 3.8) is 0 Å². The molecule has 7 aromatic rings. The van der Waals surface area contributed by atoms with Gasteiger partial charge in [0.15, 0.2) is 11.2 Å². The summed E-state index contributed by atoms with van der Waals surface area (Å²) in [6.45, 7) is 18.6. The molecule has 0 radical (unpaired) electrons. The summed E-state index contributed by atoms with van der Waals surface area (Å²) in [5.41, 5.74) is 4.45. The Morgan fingerprint density at radius 1 is 0.287 bits per heavy atom. The maximum atomic E-state index is 9.96. The topological polar surface area (TPSA) is 318 Å². The van der Waals surface area contributed by atoms with Crippen LogP contribution in [0.1, 0.15) is 109 Å². The first-order valence-electron chi connectivity index (χ1n) is 33.9. The highest BCUT2D eigenvalue weighted by Gasteiger charge is 2.53. The summed E-state index contributed by atoms with van der Waals surface area (Å²) in [5, 5.41) is 18.7. The van der Waals surface area contributed by atoms with Crippen molar-refractivity contribution >= 4 is 68.5 Å². The van der Waals surface area contributed by atoms with Crippen molar-refractivity contribution < 1.29 is 92.1 Å². The van der Waals surface area contributed by atoms with Crippen LogP contribution in [0.15, 0.2) is 210 Å². The van der Waals surface area contributed by atoms with Crippen LogP contribution in [-0.2, 0) is 70.5 Å². The molecule has 3 aliphatic rings. The molecule has 10 rings (SSSR count). The third kappa shape index (κ3) is 17.4. The lowest BCUT2D eigenvalue weighted by atomic mass is 9.78. The zero-order valence-electron chi connectivity index (χ0n) is 64.5. The van der Waals surface area contributed by atoms with Gasteiger partial charge in [0.2, 0.25) is 0 Å². The Hall–Kier alpha value is -5.47. The molecule has 0 aromatic heterocycles. The average Bonchev–Trinajstić information content (AvgIpc) is 0.719. The Balaban J connectivity index is 0.857. The van der Waals surface area contributed by atoms with E-state index >= 15 is 0 Å². The second kappa shape index (κ2) is 33.7. The molecule has 3 heterocycles. The fourth-order valence-electron chi connectivity index (χ4n) is 11.8. The largest absolute Gasteiger partial charge is 0.508 e. The highest BCUT2D eigenvalue weighted by molar-refractivity contribution is 7.81. The van der Waals surface area contributed by atoms with Crippen molar-refractivity contribution in [1.29, 1.82) is 0 Å². The Labute approximate surface area is 634 Å². The summed E-state index contributed by atoms with van der Waals surface area (Å²) in [7, 11) is -14.5. The van der Waals surface area contributed by atoms with Gasteiger partial charge in [-0.15, -0.1) is 22.6 Å². The van der Waals surface area contributed by atoms with Crippen molar-refractivity contribution in [2.75, 3.05) is 85.3 Å². The van der Waals surface area contributed by atoms with Gasteiger partial charge in [-0.2, -0.15) is 18.1 Å². The minimum absolute atomic E-state index is 0.0478. The van der Waals surface area contributed by atoms with E-state index in [4.69, 9.17) is 118 Å². The maximum absolute atomic E-state index is 9.96. The molecule has 0 amide bonds. The number of ether oxygens (including phenoxy) is 2. The molecule has 0 bridgehead atoms. The van der Waals surface area contributed by atoms with E-state index in [-0.39, 0.29) is 11.5 Å². The molecule has 8 atom stereocenters. The first kappa shape index (κ1) is 85.0. The summed E-state index contributed by atoms with van der Waals surface area (Å²) >= 11 is 0. The van der Waals surface area contributed by atoms with Crippen LogP contribution >= 0.6 is 68.5 Å². The standard InChI is InChI=1S/C70H98N9O20P9/c1-22-66(94-60-40-26-53(27-41-60)68(5,6)56-34-48-64(49-35-56)98-107(92-20)77-104(88-16,89-17)78-108(79-107,93-21)99-65-50-38-59(81)39-51-65)100(82-10)71-102(84-12,85-13)75-105(72-100,90-18)96-62-44-30-57(31-45-62)69(7,8)54-28-42-61(43-29-54)95-70(9,23-2)101(83-11)73-103(86-14,87-15)76-106(74-101,91-19)97-63-46-32-55(33-47-63)67(3,4)52-24-36-58(80)37-25-52/h24-51,66,80-81H,22-23H2,1-21H3. The van der Waals surface area contributed by atoms with E-state index in [1.807, 2.05) is 154 Å². The molecule has 7 aromatic carbocycles. The molecular weight excluding hydrogens is 1570 g/mol. The van der Waals surface area contributed by atoms with Gasteiger partial charge in [0, 0.05) is 102 Å². The summed E-state index contributed by atoms with van der Waals surface area (Å²) in [5.74, 6) is 2.14. The number of nitrogens with zero attached hydrogens (tertiary/aromatic N) is 9. The lowest BCUT2D eigenvalue weighted by Gasteiger charge is -2.41. The van der Waals surface area contributed by atoms with Gasteiger partial charge >= 0.3 is 53.6 Å². The molecule has 29 nitrogen and oxygen atoms in total. The quantitative estimate of drug-likeness (QED) is 0.0354. The lowest BCUT2D eigenvalue weighted by Crippen LogP contribution is -2.32. The van der Waals surface area contributed by atoms with E-state index in [2.05, 4.69) is 46.1 Å². The van der Waals surface area contributed by atoms with Crippen LogP contribution in [0.25, 0.3) is 0 Å². The number of phenolic OH excluding ortho intramolecular Hbond substituents is 2. The van der Waals surface area contributed by atoms with Crippen LogP contribution in [-0.4, -0.2) is 107 Å². The maximum Gasteiger partial charge on any atom is 0.403 e. The first-order chi connectivity index (χ1) is 51.2. The molecule has 0 spiro atoms. The Morgan fingerprint density at radius 3 is 0.861 bits per heavy atom. The molecule has 2 N–H and O–H groups in total. The van der Waals surface area contributed by atoms with Crippen LogP contribution in [0.4, 0.5) is 0 Å². The molecular formula is C70H98N9O20P9. The van der Waals surface area contributed by atoms with E-state index in [0.29, 0.717) is 47.3 Å². The predicted octanol–water partition coefficient (Wildman–Crippen LogP) is 24.8. The summed E-state index contributed by atoms with van der Waals surface area (Å²) in [4.78, 5) is 0. The zero-order valence-corrected chi connectivity index (χ0v) is 72.5.